The van der Waals surface area contributed by atoms with E-state index in [1.54, 1.807) is 24.1 Å². The number of primary amides is 1. The summed E-state index contributed by atoms with van der Waals surface area (Å²) in [4.78, 5) is 31.5. The first kappa shape index (κ1) is 29.0. The Labute approximate surface area is 226 Å². The average molecular weight is 547 g/mol. The number of ether oxygens (including phenoxy) is 1. The number of amides is 2. The Morgan fingerprint density at radius 2 is 2.05 bits per heavy atom. The van der Waals surface area contributed by atoms with Gasteiger partial charge in [0.05, 0.1) is 19.9 Å². The van der Waals surface area contributed by atoms with Crippen molar-refractivity contribution in [3.8, 4) is 28.7 Å². The van der Waals surface area contributed by atoms with E-state index in [1.807, 2.05) is 11.9 Å². The van der Waals surface area contributed by atoms with Gasteiger partial charge in [0, 0.05) is 42.8 Å². The number of benzene rings is 1. The lowest BCUT2D eigenvalue weighted by Crippen LogP contribution is -2.48. The molecule has 1 aliphatic heterocycles. The second-order valence-electron chi connectivity index (χ2n) is 8.67. The normalized spacial score (nSPS) is 15.3. The van der Waals surface area contributed by atoms with Gasteiger partial charge in [0.15, 0.2) is 5.04 Å². The minimum Gasteiger partial charge on any atom is -0.494 e. The van der Waals surface area contributed by atoms with Crippen LogP contribution in [0.5, 0.6) is 5.75 Å². The Morgan fingerprint density at radius 3 is 2.63 bits per heavy atom. The molecule has 0 bridgehead atoms. The molecule has 2 heterocycles. The van der Waals surface area contributed by atoms with Gasteiger partial charge >= 0.3 is 0 Å². The third kappa shape index (κ3) is 7.74. The number of carbonyl (C=O) groups excluding carboxylic acids is 2. The highest BCUT2D eigenvalue weighted by Gasteiger charge is 2.25. The van der Waals surface area contributed by atoms with Crippen LogP contribution >= 0.6 is 11.9 Å². The number of piperazine rings is 1. The zero-order chi connectivity index (χ0) is 27.8. The number of aromatic nitrogens is 1. The van der Waals surface area contributed by atoms with E-state index < -0.39 is 18.0 Å². The standard InChI is InChI=1S/C19H20F2N4O3.C7H10N2S.H2/c1-24-5-6-25(17(26)10-24)11-3-4-12(19(22)27)13(7-11)14-8-15(18(20)21)23-9-16(14)28-2;1-9-10-7(8)5-4-6-2-3-6;/h3-4,7-9,18H,5-6,10H2,1-2H3,(H2,22,27);6,8-9H,2-3H2,1H3;1H. The number of halogens is 2. The van der Waals surface area contributed by atoms with Gasteiger partial charge in [0.2, 0.25) is 11.8 Å². The van der Waals surface area contributed by atoms with Gasteiger partial charge in [-0.15, -0.1) is 0 Å². The molecular formula is C26H32F2N6O3S. The maximum absolute atomic E-state index is 13.2. The van der Waals surface area contributed by atoms with Crippen LogP contribution in [0.3, 0.4) is 0 Å². The van der Waals surface area contributed by atoms with Gasteiger partial charge in [0.1, 0.15) is 11.4 Å². The number of hydrogen-bond acceptors (Lipinski definition) is 8. The third-order valence-corrected chi connectivity index (χ3v) is 6.30. The monoisotopic (exact) mass is 546 g/mol. The molecule has 1 aromatic carbocycles. The van der Waals surface area contributed by atoms with Crippen molar-refractivity contribution in [1.29, 1.82) is 5.41 Å². The largest absolute Gasteiger partial charge is 0.494 e. The maximum Gasteiger partial charge on any atom is 0.280 e. The molecule has 2 aliphatic rings. The number of methoxy groups -OCH3 is 1. The van der Waals surface area contributed by atoms with Crippen molar-refractivity contribution in [2.75, 3.05) is 45.7 Å². The minimum atomic E-state index is -2.79. The van der Waals surface area contributed by atoms with Crippen molar-refractivity contribution in [1.82, 2.24) is 14.6 Å². The van der Waals surface area contributed by atoms with Gasteiger partial charge in [-0.05, 0) is 69.1 Å². The van der Waals surface area contributed by atoms with E-state index in [1.165, 1.54) is 50.2 Å². The Kier molecular flexibility index (Phi) is 10.2. The topological polar surface area (TPSA) is 125 Å². The molecule has 4 rings (SSSR count). The summed E-state index contributed by atoms with van der Waals surface area (Å²) in [6.45, 7) is 1.42. The van der Waals surface area contributed by atoms with Gasteiger partial charge in [-0.1, -0.05) is 5.92 Å². The number of likely N-dealkylation sites (N-methyl/N-ethyl adjacent to an activating group) is 1. The van der Waals surface area contributed by atoms with E-state index in [-0.39, 0.29) is 30.8 Å². The zero-order valence-electron chi connectivity index (χ0n) is 21.4. The molecule has 204 valence electrons. The van der Waals surface area contributed by atoms with E-state index >= 15 is 0 Å². The van der Waals surface area contributed by atoms with E-state index in [4.69, 9.17) is 15.9 Å². The molecule has 38 heavy (non-hydrogen) atoms. The number of alkyl halides is 2. The summed E-state index contributed by atoms with van der Waals surface area (Å²) >= 11 is 1.26. The molecule has 1 saturated carbocycles. The fraction of sp³-hybridized carbons (Fsp3) is 0.385. The van der Waals surface area contributed by atoms with Crippen molar-refractivity contribution in [3.05, 3.63) is 41.7 Å². The van der Waals surface area contributed by atoms with E-state index in [2.05, 4.69) is 21.5 Å². The number of nitrogens with two attached hydrogens (primary N) is 1. The van der Waals surface area contributed by atoms with Crippen molar-refractivity contribution in [3.63, 3.8) is 0 Å². The molecule has 1 saturated heterocycles. The molecule has 9 nitrogen and oxygen atoms in total. The molecular weight excluding hydrogens is 514 g/mol. The van der Waals surface area contributed by atoms with Crippen molar-refractivity contribution < 1.29 is 24.5 Å². The number of hydrogen-bond donors (Lipinski definition) is 3. The molecule has 12 heteroatoms. The average Bonchev–Trinajstić information content (AvgIpc) is 3.72. The number of rotatable bonds is 6. The van der Waals surface area contributed by atoms with Crippen LogP contribution in [-0.4, -0.2) is 67.6 Å². The molecule has 2 fully saturated rings. The van der Waals surface area contributed by atoms with Gasteiger partial charge in [-0.25, -0.2) is 8.78 Å². The van der Waals surface area contributed by atoms with Crippen LogP contribution in [0.2, 0.25) is 0 Å². The molecule has 4 N–H and O–H groups in total. The second kappa shape index (κ2) is 13.3. The number of pyridine rings is 1. The Bertz CT molecular complexity index is 1270. The van der Waals surface area contributed by atoms with Gasteiger partial charge in [-0.2, -0.15) is 0 Å². The van der Waals surface area contributed by atoms with Crippen molar-refractivity contribution in [2.45, 2.75) is 19.3 Å². The summed E-state index contributed by atoms with van der Waals surface area (Å²) in [6, 6.07) is 5.87. The van der Waals surface area contributed by atoms with E-state index in [0.29, 0.717) is 35.3 Å². The first-order valence-electron chi connectivity index (χ1n) is 11.8. The van der Waals surface area contributed by atoms with Gasteiger partial charge in [-0.3, -0.25) is 29.6 Å². The SMILES string of the molecule is CNSC(=N)C#CC1CC1.COc1cnc(C(F)F)cc1-c1cc(N2CCN(C)CC2=O)ccc1C(N)=O.[HH]. The lowest BCUT2D eigenvalue weighted by atomic mass is 9.97. The summed E-state index contributed by atoms with van der Waals surface area (Å²) in [5.74, 6) is 5.78. The van der Waals surface area contributed by atoms with Crippen LogP contribution in [0.1, 0.15) is 36.7 Å². The van der Waals surface area contributed by atoms with Crippen LogP contribution in [-0.2, 0) is 4.79 Å². The Balaban J connectivity index is 0.000000410. The lowest BCUT2D eigenvalue weighted by Gasteiger charge is -2.32. The Morgan fingerprint density at radius 1 is 1.32 bits per heavy atom. The number of nitrogens with zero attached hydrogens (tertiary/aromatic N) is 3. The molecule has 1 aliphatic carbocycles. The van der Waals surface area contributed by atoms with Gasteiger partial charge < -0.3 is 15.4 Å². The number of anilines is 1. The van der Waals surface area contributed by atoms with Crippen molar-refractivity contribution >= 4 is 34.5 Å². The molecule has 1 aromatic heterocycles. The molecule has 0 spiro atoms. The molecule has 0 radical (unpaired) electrons. The number of carbonyl (C=O) groups is 2. The highest BCUT2D eigenvalue weighted by Crippen LogP contribution is 2.36. The summed E-state index contributed by atoms with van der Waals surface area (Å²) in [7, 11) is 5.02. The summed E-state index contributed by atoms with van der Waals surface area (Å²) < 4.78 is 34.4. The molecule has 2 aromatic rings. The zero-order valence-corrected chi connectivity index (χ0v) is 22.2. The second-order valence-corrected chi connectivity index (χ2v) is 9.69. The quantitative estimate of drug-likeness (QED) is 0.219. The predicted octanol–water partition coefficient (Wildman–Crippen LogP) is 3.56. The first-order valence-corrected chi connectivity index (χ1v) is 12.6. The predicted molar refractivity (Wildman–Crippen MR) is 147 cm³/mol. The van der Waals surface area contributed by atoms with Crippen LogP contribution in [0.25, 0.3) is 11.1 Å². The highest BCUT2D eigenvalue weighted by atomic mass is 32.2. The van der Waals surface area contributed by atoms with E-state index in [0.717, 1.165) is 0 Å². The fourth-order valence-electron chi connectivity index (χ4n) is 3.68. The fourth-order valence-corrected chi connectivity index (χ4v) is 3.99. The summed E-state index contributed by atoms with van der Waals surface area (Å²) in [6.07, 6.45) is 0.841. The molecule has 0 unspecified atom stereocenters. The molecule has 0 atom stereocenters. The minimum absolute atomic E-state index is 0. The summed E-state index contributed by atoms with van der Waals surface area (Å²) in [5, 5.41) is 7.65. The van der Waals surface area contributed by atoms with Crippen LogP contribution in [0.4, 0.5) is 14.5 Å². The Hall–Kier alpha value is -3.53. The third-order valence-electron chi connectivity index (χ3n) is 5.79. The van der Waals surface area contributed by atoms with Crippen LogP contribution in [0.15, 0.2) is 30.5 Å². The van der Waals surface area contributed by atoms with E-state index in [9.17, 15) is 18.4 Å². The smallest absolute Gasteiger partial charge is 0.280 e. The molecule has 2 amide bonds. The lowest BCUT2D eigenvalue weighted by molar-refractivity contribution is -0.120. The highest BCUT2D eigenvalue weighted by molar-refractivity contribution is 8.12. The number of nitrogens with one attached hydrogen (secondary N) is 2. The van der Waals surface area contributed by atoms with Crippen molar-refractivity contribution in [2.24, 2.45) is 11.7 Å². The maximum atomic E-state index is 13.2. The first-order chi connectivity index (χ1) is 18.1. The van der Waals surface area contributed by atoms with Crippen LogP contribution < -0.4 is 20.1 Å². The van der Waals surface area contributed by atoms with Gasteiger partial charge in [0.25, 0.3) is 6.43 Å². The summed E-state index contributed by atoms with van der Waals surface area (Å²) in [5.41, 5.74) is 6.28. The van der Waals surface area contributed by atoms with Crippen LogP contribution in [0, 0.1) is 23.2 Å².